The second-order valence-electron chi connectivity index (χ2n) is 3.60. The summed E-state index contributed by atoms with van der Waals surface area (Å²) < 4.78 is 26.6. The molecule has 2 rings (SSSR count). The van der Waals surface area contributed by atoms with Crippen molar-refractivity contribution in [1.29, 1.82) is 0 Å². The average molecular weight is 284 g/mol. The number of nitrogens with one attached hydrogen (secondary N) is 1. The van der Waals surface area contributed by atoms with Gasteiger partial charge in [0, 0.05) is 24.3 Å². The van der Waals surface area contributed by atoms with Crippen molar-refractivity contribution >= 4 is 27.3 Å². The van der Waals surface area contributed by atoms with E-state index in [4.69, 9.17) is 11.6 Å². The first-order valence-corrected chi connectivity index (χ1v) is 6.90. The van der Waals surface area contributed by atoms with Crippen LogP contribution in [0, 0.1) is 6.92 Å². The summed E-state index contributed by atoms with van der Waals surface area (Å²) in [7, 11) is -3.73. The predicted octanol–water partition coefficient (Wildman–Crippen LogP) is 2.24. The molecule has 1 N–H and O–H groups in total. The Bertz CT molecular complexity index is 673. The molecule has 0 atom stereocenters. The van der Waals surface area contributed by atoms with E-state index in [9.17, 15) is 8.42 Å². The smallest absolute Gasteiger partial charge is 0.264 e. The summed E-state index contributed by atoms with van der Waals surface area (Å²) in [5, 5.41) is 0.128. The zero-order valence-electron chi connectivity index (χ0n) is 9.46. The summed E-state index contributed by atoms with van der Waals surface area (Å²) in [5.41, 5.74) is 1.15. The van der Waals surface area contributed by atoms with Crippen LogP contribution in [0.4, 0.5) is 5.69 Å². The number of aromatic nitrogens is 2. The molecule has 0 saturated heterocycles. The third-order valence-electron chi connectivity index (χ3n) is 2.17. The molecule has 0 fully saturated rings. The van der Waals surface area contributed by atoms with Gasteiger partial charge in [-0.05, 0) is 25.1 Å². The predicted molar refractivity (Wildman–Crippen MR) is 69.0 cm³/mol. The summed E-state index contributed by atoms with van der Waals surface area (Å²) >= 11 is 5.83. The van der Waals surface area contributed by atoms with Crippen LogP contribution in [0.15, 0.2) is 41.7 Å². The minimum atomic E-state index is -3.73. The van der Waals surface area contributed by atoms with E-state index >= 15 is 0 Å². The van der Waals surface area contributed by atoms with Crippen molar-refractivity contribution in [2.24, 2.45) is 0 Å². The molecule has 0 saturated carbocycles. The van der Waals surface area contributed by atoms with Gasteiger partial charge in [0.1, 0.15) is 4.90 Å². The van der Waals surface area contributed by atoms with Gasteiger partial charge in [-0.3, -0.25) is 14.7 Å². The lowest BCUT2D eigenvalue weighted by Crippen LogP contribution is -2.13. The number of rotatable bonds is 3. The third-order valence-corrected chi connectivity index (χ3v) is 4.02. The van der Waals surface area contributed by atoms with Crippen molar-refractivity contribution < 1.29 is 8.42 Å². The van der Waals surface area contributed by atoms with Crippen LogP contribution in [-0.2, 0) is 10.0 Å². The number of hydrogen-bond donors (Lipinski definition) is 1. The van der Waals surface area contributed by atoms with E-state index in [0.717, 1.165) is 0 Å². The van der Waals surface area contributed by atoms with Crippen molar-refractivity contribution in [3.05, 3.63) is 47.5 Å². The summed E-state index contributed by atoms with van der Waals surface area (Å²) in [6.07, 6.45) is 4.16. The van der Waals surface area contributed by atoms with Crippen molar-refractivity contribution in [2.75, 3.05) is 4.72 Å². The van der Waals surface area contributed by atoms with Crippen LogP contribution in [0.1, 0.15) is 5.69 Å². The summed E-state index contributed by atoms with van der Waals surface area (Å²) in [6.45, 7) is 1.77. The molecule has 5 nitrogen and oxygen atoms in total. The summed E-state index contributed by atoms with van der Waals surface area (Å²) in [5.74, 6) is 0. The van der Waals surface area contributed by atoms with Gasteiger partial charge in [-0.2, -0.15) is 0 Å². The zero-order chi connectivity index (χ0) is 13.2. The second kappa shape index (κ2) is 4.91. The van der Waals surface area contributed by atoms with Crippen molar-refractivity contribution in [2.45, 2.75) is 11.8 Å². The lowest BCUT2D eigenvalue weighted by molar-refractivity contribution is 0.601. The fourth-order valence-electron chi connectivity index (χ4n) is 1.38. The summed E-state index contributed by atoms with van der Waals surface area (Å²) in [4.78, 5) is 7.69. The van der Waals surface area contributed by atoms with Crippen LogP contribution in [0.25, 0.3) is 0 Å². The Labute approximate surface area is 110 Å². The van der Waals surface area contributed by atoms with Gasteiger partial charge < -0.3 is 0 Å². The minimum Gasteiger partial charge on any atom is -0.279 e. The number of pyridine rings is 2. The molecule has 18 heavy (non-hydrogen) atoms. The van der Waals surface area contributed by atoms with Crippen LogP contribution >= 0.6 is 11.6 Å². The Hall–Kier alpha value is -1.66. The van der Waals surface area contributed by atoms with Gasteiger partial charge in [0.15, 0.2) is 0 Å². The first kappa shape index (κ1) is 12.8. The number of sulfonamides is 1. The largest absolute Gasteiger partial charge is 0.279 e. The van der Waals surface area contributed by atoms with Crippen LogP contribution in [0.5, 0.6) is 0 Å². The molecule has 7 heteroatoms. The molecule has 0 bridgehead atoms. The van der Waals surface area contributed by atoms with E-state index in [0.29, 0.717) is 11.4 Å². The fourth-order valence-corrected chi connectivity index (χ4v) is 2.86. The molecule has 2 heterocycles. The molecular formula is C11H10ClN3O2S. The van der Waals surface area contributed by atoms with Crippen molar-refractivity contribution in [3.8, 4) is 0 Å². The lowest BCUT2D eigenvalue weighted by Gasteiger charge is -2.08. The standard InChI is InChI=1S/C11H10ClN3O2S/c1-8-6-9(2-5-14-8)15-18(16,17)11-7-13-4-3-10(11)12/h2-7H,1H3,(H,14,15). The minimum absolute atomic E-state index is 0.0545. The van der Waals surface area contributed by atoms with Gasteiger partial charge in [-0.15, -0.1) is 0 Å². The second-order valence-corrected chi connectivity index (χ2v) is 5.66. The lowest BCUT2D eigenvalue weighted by atomic mass is 10.3. The van der Waals surface area contributed by atoms with Crippen LogP contribution in [0.2, 0.25) is 5.02 Å². The van der Waals surface area contributed by atoms with Crippen molar-refractivity contribution in [3.63, 3.8) is 0 Å². The highest BCUT2D eigenvalue weighted by molar-refractivity contribution is 7.92. The van der Waals surface area contributed by atoms with E-state index in [-0.39, 0.29) is 9.92 Å². The number of nitrogens with zero attached hydrogens (tertiary/aromatic N) is 2. The molecule has 0 unspecified atom stereocenters. The van der Waals surface area contributed by atoms with E-state index < -0.39 is 10.0 Å². The maximum atomic E-state index is 12.1. The van der Waals surface area contributed by atoms with Gasteiger partial charge in [0.25, 0.3) is 10.0 Å². The number of anilines is 1. The van der Waals surface area contributed by atoms with E-state index in [1.54, 1.807) is 19.1 Å². The molecule has 2 aromatic heterocycles. The number of aryl methyl sites for hydroxylation is 1. The number of hydrogen-bond acceptors (Lipinski definition) is 4. The maximum Gasteiger partial charge on any atom is 0.264 e. The Kier molecular flexibility index (Phi) is 3.49. The van der Waals surface area contributed by atoms with Crippen LogP contribution in [-0.4, -0.2) is 18.4 Å². The first-order valence-electron chi connectivity index (χ1n) is 5.04. The molecule has 0 radical (unpaired) electrons. The highest BCUT2D eigenvalue weighted by Crippen LogP contribution is 2.22. The number of halogens is 1. The monoisotopic (exact) mass is 283 g/mol. The van der Waals surface area contributed by atoms with Gasteiger partial charge >= 0.3 is 0 Å². The zero-order valence-corrected chi connectivity index (χ0v) is 11.0. The Morgan fingerprint density at radius 3 is 2.72 bits per heavy atom. The highest BCUT2D eigenvalue weighted by atomic mass is 35.5. The van der Waals surface area contributed by atoms with Gasteiger partial charge in [-0.1, -0.05) is 11.6 Å². The molecule has 94 valence electrons. The molecular weight excluding hydrogens is 274 g/mol. The Morgan fingerprint density at radius 1 is 1.28 bits per heavy atom. The normalized spacial score (nSPS) is 11.2. The van der Waals surface area contributed by atoms with Gasteiger partial charge in [0.05, 0.1) is 10.7 Å². The summed E-state index contributed by atoms with van der Waals surface area (Å²) in [6, 6.07) is 4.62. The molecule has 0 spiro atoms. The van der Waals surface area contributed by atoms with Crippen LogP contribution in [0.3, 0.4) is 0 Å². The van der Waals surface area contributed by atoms with E-state index in [2.05, 4.69) is 14.7 Å². The van der Waals surface area contributed by atoms with Gasteiger partial charge in [0.2, 0.25) is 0 Å². The average Bonchev–Trinajstić information content (AvgIpc) is 2.28. The highest BCUT2D eigenvalue weighted by Gasteiger charge is 2.18. The molecule has 0 aromatic carbocycles. The SMILES string of the molecule is Cc1cc(NS(=O)(=O)c2cnccc2Cl)ccn1. The maximum absolute atomic E-state index is 12.1. The molecule has 2 aromatic rings. The van der Waals surface area contributed by atoms with E-state index in [1.807, 2.05) is 0 Å². The van der Waals surface area contributed by atoms with Gasteiger partial charge in [-0.25, -0.2) is 8.42 Å². The van der Waals surface area contributed by atoms with Crippen LogP contribution < -0.4 is 4.72 Å². The molecule has 0 aliphatic rings. The Balaban J connectivity index is 2.37. The first-order chi connectivity index (χ1) is 8.49. The fraction of sp³-hybridized carbons (Fsp3) is 0.0909. The molecule has 0 aliphatic carbocycles. The van der Waals surface area contributed by atoms with Crippen molar-refractivity contribution in [1.82, 2.24) is 9.97 Å². The topological polar surface area (TPSA) is 72.0 Å². The third kappa shape index (κ3) is 2.77. The Morgan fingerprint density at radius 2 is 2.06 bits per heavy atom. The van der Waals surface area contributed by atoms with E-state index in [1.165, 1.54) is 24.7 Å². The molecule has 0 aliphatic heterocycles. The quantitative estimate of drug-likeness (QED) is 0.938. The molecule has 0 amide bonds.